The van der Waals surface area contributed by atoms with Crippen LogP contribution in [0.5, 0.6) is 0 Å². The zero-order valence-corrected chi connectivity index (χ0v) is 17.7. The van der Waals surface area contributed by atoms with Crippen molar-refractivity contribution in [2.45, 2.75) is 51.4 Å². The second-order valence-electron chi connectivity index (χ2n) is 8.00. The highest BCUT2D eigenvalue weighted by Gasteiger charge is 2.23. The van der Waals surface area contributed by atoms with Crippen molar-refractivity contribution in [1.82, 2.24) is 15.2 Å². The molecule has 0 unspecified atom stereocenters. The number of benzene rings is 1. The zero-order chi connectivity index (χ0) is 20.2. The molecular formula is C22H29N3O3S. The Bertz CT molecular complexity index is 917. The van der Waals surface area contributed by atoms with Crippen LogP contribution in [0.4, 0.5) is 0 Å². The molecule has 2 N–H and O–H groups in total. The molecule has 6 nitrogen and oxygen atoms in total. The van der Waals surface area contributed by atoms with E-state index in [1.807, 2.05) is 31.2 Å². The first-order valence-corrected chi connectivity index (χ1v) is 10.9. The molecule has 1 aromatic heterocycles. The van der Waals surface area contributed by atoms with E-state index in [1.165, 1.54) is 0 Å². The van der Waals surface area contributed by atoms with Gasteiger partial charge in [-0.05, 0) is 61.8 Å². The Hall–Kier alpha value is -1.96. The van der Waals surface area contributed by atoms with Gasteiger partial charge in [-0.25, -0.2) is 0 Å². The minimum absolute atomic E-state index is 0.0638. The molecule has 0 aliphatic carbocycles. The van der Waals surface area contributed by atoms with E-state index in [2.05, 4.69) is 15.2 Å². The fourth-order valence-corrected chi connectivity index (χ4v) is 4.35. The average molecular weight is 416 g/mol. The Morgan fingerprint density at radius 1 is 1.24 bits per heavy atom. The van der Waals surface area contributed by atoms with Crippen LogP contribution in [0.25, 0.3) is 10.9 Å². The maximum atomic E-state index is 12.8. The highest BCUT2D eigenvalue weighted by atomic mass is 32.1. The first-order chi connectivity index (χ1) is 14.1. The van der Waals surface area contributed by atoms with Crippen molar-refractivity contribution >= 4 is 28.2 Å². The molecule has 2 saturated heterocycles. The molecule has 2 aromatic rings. The molecular weight excluding hydrogens is 386 g/mol. The third-order valence-electron chi connectivity index (χ3n) is 5.77. The van der Waals surface area contributed by atoms with Gasteiger partial charge in [-0.2, -0.15) is 0 Å². The van der Waals surface area contributed by atoms with Crippen LogP contribution in [-0.2, 0) is 16.0 Å². The van der Waals surface area contributed by atoms with E-state index in [0.29, 0.717) is 30.3 Å². The first kappa shape index (κ1) is 20.3. The third kappa shape index (κ3) is 4.97. The molecule has 1 aromatic carbocycles. The molecule has 0 spiro atoms. The summed E-state index contributed by atoms with van der Waals surface area (Å²) < 4.78 is 11.5. The van der Waals surface area contributed by atoms with E-state index in [1.54, 1.807) is 0 Å². The van der Waals surface area contributed by atoms with Crippen molar-refractivity contribution in [1.29, 1.82) is 0 Å². The standard InChI is InChI=1S/C22H29N3O3S/c1-15-5-2-6-16-11-17(21(26)24-20(15)16)13-25(14-19-8-4-10-28-19)22(29)23-12-18-7-3-9-27-18/h2,5-6,11,18-19H,3-4,7-10,12-14H2,1H3,(H,23,29)(H,24,26)/t18-,19+/m0/s1. The van der Waals surface area contributed by atoms with E-state index in [0.717, 1.165) is 55.4 Å². The smallest absolute Gasteiger partial charge is 0.253 e. The number of ether oxygens (including phenoxy) is 2. The molecule has 2 atom stereocenters. The quantitative estimate of drug-likeness (QED) is 0.708. The van der Waals surface area contributed by atoms with Gasteiger partial charge in [-0.15, -0.1) is 0 Å². The molecule has 0 amide bonds. The Morgan fingerprint density at radius 2 is 2.00 bits per heavy atom. The predicted octanol–water partition coefficient (Wildman–Crippen LogP) is 2.87. The van der Waals surface area contributed by atoms with E-state index >= 15 is 0 Å². The lowest BCUT2D eigenvalue weighted by Crippen LogP contribution is -2.45. The van der Waals surface area contributed by atoms with E-state index in [4.69, 9.17) is 21.7 Å². The fourth-order valence-electron chi connectivity index (χ4n) is 4.12. The molecule has 2 aliphatic heterocycles. The summed E-state index contributed by atoms with van der Waals surface area (Å²) in [5.41, 5.74) is 2.61. The molecule has 0 bridgehead atoms. The van der Waals surface area contributed by atoms with Gasteiger partial charge in [0.25, 0.3) is 5.56 Å². The van der Waals surface area contributed by atoms with E-state index in [9.17, 15) is 4.79 Å². The first-order valence-electron chi connectivity index (χ1n) is 10.5. The Labute approximate surface area is 176 Å². The maximum Gasteiger partial charge on any atom is 0.253 e. The largest absolute Gasteiger partial charge is 0.376 e. The van der Waals surface area contributed by atoms with E-state index in [-0.39, 0.29) is 17.8 Å². The number of nitrogens with one attached hydrogen (secondary N) is 2. The van der Waals surface area contributed by atoms with Crippen LogP contribution in [-0.4, -0.2) is 53.5 Å². The second kappa shape index (κ2) is 9.24. The van der Waals surface area contributed by atoms with Gasteiger partial charge >= 0.3 is 0 Å². The lowest BCUT2D eigenvalue weighted by molar-refractivity contribution is 0.0885. The molecule has 0 radical (unpaired) electrons. The van der Waals surface area contributed by atoms with Crippen LogP contribution in [0.1, 0.15) is 36.8 Å². The summed E-state index contributed by atoms with van der Waals surface area (Å²) >= 11 is 5.70. The van der Waals surface area contributed by atoms with E-state index < -0.39 is 0 Å². The van der Waals surface area contributed by atoms with Crippen LogP contribution >= 0.6 is 12.2 Å². The van der Waals surface area contributed by atoms with Gasteiger partial charge in [0.2, 0.25) is 0 Å². The van der Waals surface area contributed by atoms with Crippen LogP contribution in [0.15, 0.2) is 29.1 Å². The number of rotatable bonds is 6. The lowest BCUT2D eigenvalue weighted by atomic mass is 10.1. The number of thiocarbonyl (C=S) groups is 1. The van der Waals surface area contributed by atoms with Crippen LogP contribution in [0.2, 0.25) is 0 Å². The predicted molar refractivity (Wildman–Crippen MR) is 118 cm³/mol. The van der Waals surface area contributed by atoms with Crippen molar-refractivity contribution < 1.29 is 9.47 Å². The second-order valence-corrected chi connectivity index (χ2v) is 8.39. The number of hydrogen-bond donors (Lipinski definition) is 2. The Kier molecular flexibility index (Phi) is 6.47. The van der Waals surface area contributed by atoms with Gasteiger partial charge in [0, 0.05) is 31.9 Å². The number of aromatic nitrogens is 1. The van der Waals surface area contributed by atoms with Crippen molar-refractivity contribution in [3.05, 3.63) is 45.7 Å². The number of H-pyrrole nitrogens is 1. The number of aromatic amines is 1. The fraction of sp³-hybridized carbons (Fsp3) is 0.545. The summed E-state index contributed by atoms with van der Waals surface area (Å²) in [6, 6.07) is 8.02. The number of fused-ring (bicyclic) bond motifs is 1. The van der Waals surface area contributed by atoms with Crippen molar-refractivity contribution in [3.63, 3.8) is 0 Å². The highest BCUT2D eigenvalue weighted by Crippen LogP contribution is 2.18. The molecule has 2 aliphatic rings. The minimum Gasteiger partial charge on any atom is -0.376 e. The molecule has 29 heavy (non-hydrogen) atoms. The SMILES string of the molecule is Cc1cccc2cc(CN(C[C@H]3CCCO3)C(=S)NC[C@@H]3CCCO3)c(=O)[nH]c12. The topological polar surface area (TPSA) is 66.6 Å². The van der Waals surface area contributed by atoms with Gasteiger partial charge in [-0.3, -0.25) is 4.79 Å². The third-order valence-corrected chi connectivity index (χ3v) is 6.17. The van der Waals surface area contributed by atoms with Gasteiger partial charge in [0.15, 0.2) is 5.11 Å². The number of pyridine rings is 1. The molecule has 0 saturated carbocycles. The van der Waals surface area contributed by atoms with Crippen molar-refractivity contribution in [2.24, 2.45) is 0 Å². The van der Waals surface area contributed by atoms with Gasteiger partial charge in [0.1, 0.15) is 0 Å². The summed E-state index contributed by atoms with van der Waals surface area (Å²) in [7, 11) is 0. The summed E-state index contributed by atoms with van der Waals surface area (Å²) in [5, 5.41) is 5.04. The molecule has 7 heteroatoms. The minimum atomic E-state index is -0.0638. The van der Waals surface area contributed by atoms with Gasteiger partial charge < -0.3 is 24.7 Å². The highest BCUT2D eigenvalue weighted by molar-refractivity contribution is 7.80. The maximum absolute atomic E-state index is 12.8. The van der Waals surface area contributed by atoms with Crippen molar-refractivity contribution in [2.75, 3.05) is 26.3 Å². The lowest BCUT2D eigenvalue weighted by Gasteiger charge is -2.28. The van der Waals surface area contributed by atoms with Crippen LogP contribution in [0, 0.1) is 6.92 Å². The molecule has 3 heterocycles. The van der Waals surface area contributed by atoms with Crippen molar-refractivity contribution in [3.8, 4) is 0 Å². The van der Waals surface area contributed by atoms with Gasteiger partial charge in [0.05, 0.1) is 24.3 Å². The Morgan fingerprint density at radius 3 is 2.72 bits per heavy atom. The Balaban J connectivity index is 1.52. The molecule has 156 valence electrons. The van der Waals surface area contributed by atoms with Crippen LogP contribution in [0.3, 0.4) is 0 Å². The summed E-state index contributed by atoms with van der Waals surface area (Å²) in [4.78, 5) is 17.9. The summed E-state index contributed by atoms with van der Waals surface area (Å²) in [5.74, 6) is 0. The normalized spacial score (nSPS) is 21.6. The van der Waals surface area contributed by atoms with Gasteiger partial charge in [-0.1, -0.05) is 18.2 Å². The average Bonchev–Trinajstić information content (AvgIpc) is 3.41. The number of aryl methyl sites for hydroxylation is 1. The molecule has 4 rings (SSSR count). The molecule has 2 fully saturated rings. The number of para-hydroxylation sites is 1. The monoisotopic (exact) mass is 415 g/mol. The summed E-state index contributed by atoms with van der Waals surface area (Å²) in [6.07, 6.45) is 4.63. The van der Waals surface area contributed by atoms with Crippen LogP contribution < -0.4 is 10.9 Å². The zero-order valence-electron chi connectivity index (χ0n) is 16.9. The summed E-state index contributed by atoms with van der Waals surface area (Å²) in [6.45, 7) is 5.47. The number of hydrogen-bond acceptors (Lipinski definition) is 4. The number of nitrogens with zero attached hydrogens (tertiary/aromatic N) is 1.